The maximum Gasteiger partial charge on any atom is 0.201 e. The molecule has 2 heterocycles. The Morgan fingerprint density at radius 3 is 2.95 bits per heavy atom. The smallest absolute Gasteiger partial charge is 0.201 e. The number of hydrogen-bond acceptors (Lipinski definition) is 4. The normalized spacial score (nSPS) is 22.1. The van der Waals surface area contributed by atoms with E-state index in [9.17, 15) is 8.42 Å². The molecule has 1 fully saturated rings. The molecule has 1 unspecified atom stereocenters. The first-order valence-corrected chi connectivity index (χ1v) is 8.20. The van der Waals surface area contributed by atoms with Crippen molar-refractivity contribution in [3.63, 3.8) is 0 Å². The van der Waals surface area contributed by atoms with Gasteiger partial charge in [-0.3, -0.25) is 0 Å². The van der Waals surface area contributed by atoms with Crippen molar-refractivity contribution in [2.75, 3.05) is 11.5 Å². The highest BCUT2D eigenvalue weighted by molar-refractivity contribution is 7.92. The number of hydrogen-bond donors (Lipinski definition) is 1. The van der Waals surface area contributed by atoms with E-state index in [1.54, 1.807) is 10.6 Å². The number of halogens is 1. The second-order valence-corrected chi connectivity index (χ2v) is 7.63. The first-order chi connectivity index (χ1) is 8.99. The molecule has 3 rings (SSSR count). The summed E-state index contributed by atoms with van der Waals surface area (Å²) in [4.78, 5) is 4.22. The molecule has 19 heavy (non-hydrogen) atoms. The lowest BCUT2D eigenvalue weighted by atomic mass is 10.2. The van der Waals surface area contributed by atoms with Crippen molar-refractivity contribution in [1.82, 2.24) is 9.55 Å². The van der Waals surface area contributed by atoms with E-state index in [0.29, 0.717) is 29.5 Å². The zero-order valence-electron chi connectivity index (χ0n) is 10.2. The molecule has 1 aliphatic heterocycles. The largest absolute Gasteiger partial charge is 0.369 e. The molecule has 0 spiro atoms. The van der Waals surface area contributed by atoms with Crippen LogP contribution in [0.15, 0.2) is 18.2 Å². The summed E-state index contributed by atoms with van der Waals surface area (Å²) in [5, 5.41) is 0.156. The number of nitrogen functional groups attached to an aromatic ring is 1. The lowest BCUT2D eigenvalue weighted by molar-refractivity contribution is 0.571. The summed E-state index contributed by atoms with van der Waals surface area (Å²) >= 11 is 6.07. The van der Waals surface area contributed by atoms with Gasteiger partial charge >= 0.3 is 0 Å². The average Bonchev–Trinajstić information content (AvgIpc) is 2.83. The van der Waals surface area contributed by atoms with Crippen molar-refractivity contribution >= 4 is 38.4 Å². The number of rotatable bonds is 2. The van der Waals surface area contributed by atoms with Crippen LogP contribution in [0, 0.1) is 0 Å². The van der Waals surface area contributed by atoms with E-state index in [4.69, 9.17) is 17.3 Å². The molecule has 2 aromatic rings. The van der Waals surface area contributed by atoms with Gasteiger partial charge < -0.3 is 10.3 Å². The maximum absolute atomic E-state index is 11.9. The first-order valence-electron chi connectivity index (χ1n) is 6.11. The van der Waals surface area contributed by atoms with Crippen LogP contribution in [-0.4, -0.2) is 29.0 Å². The number of nitrogens with zero attached hydrogens (tertiary/aromatic N) is 2. The number of fused-ring (bicyclic) bond motifs is 1. The van der Waals surface area contributed by atoms with Gasteiger partial charge in [-0.25, -0.2) is 13.4 Å². The van der Waals surface area contributed by atoms with E-state index in [2.05, 4.69) is 4.98 Å². The minimum absolute atomic E-state index is 0.269. The van der Waals surface area contributed by atoms with E-state index in [0.717, 1.165) is 11.9 Å². The van der Waals surface area contributed by atoms with Crippen LogP contribution in [0.5, 0.6) is 0 Å². The number of benzene rings is 1. The number of para-hydroxylation sites is 1. The molecule has 0 bridgehead atoms. The standard InChI is InChI=1S/C12H14ClN3O2S/c13-9-4-1-5-10-11(9)15-12(14)16(10)7-8-3-2-6-19(8,17)18/h1,4-5,8H,2-3,6-7H2,(H2,14,15). The van der Waals surface area contributed by atoms with Crippen molar-refractivity contribution in [3.8, 4) is 0 Å². The molecule has 5 nitrogen and oxygen atoms in total. The van der Waals surface area contributed by atoms with E-state index in [1.165, 1.54) is 0 Å². The zero-order chi connectivity index (χ0) is 13.6. The van der Waals surface area contributed by atoms with Gasteiger partial charge in [-0.05, 0) is 25.0 Å². The summed E-state index contributed by atoms with van der Waals surface area (Å²) in [6.45, 7) is 0.352. The number of nitrogens with two attached hydrogens (primary N) is 1. The monoisotopic (exact) mass is 299 g/mol. The summed E-state index contributed by atoms with van der Waals surface area (Å²) in [7, 11) is -3.00. The molecule has 2 N–H and O–H groups in total. The number of sulfone groups is 1. The van der Waals surface area contributed by atoms with Gasteiger partial charge in [0.05, 0.1) is 21.5 Å². The molecule has 0 saturated carbocycles. The Hall–Kier alpha value is -1.27. The Balaban J connectivity index is 2.06. The van der Waals surface area contributed by atoms with Crippen molar-refractivity contribution in [2.24, 2.45) is 0 Å². The fourth-order valence-electron chi connectivity index (χ4n) is 2.59. The third kappa shape index (κ3) is 2.08. The molecular formula is C12H14ClN3O2S. The lowest BCUT2D eigenvalue weighted by Gasteiger charge is -2.12. The van der Waals surface area contributed by atoms with E-state index < -0.39 is 9.84 Å². The van der Waals surface area contributed by atoms with Crippen molar-refractivity contribution < 1.29 is 8.42 Å². The van der Waals surface area contributed by atoms with Gasteiger partial charge in [-0.15, -0.1) is 0 Å². The Morgan fingerprint density at radius 2 is 2.26 bits per heavy atom. The predicted molar refractivity (Wildman–Crippen MR) is 76.0 cm³/mol. The molecule has 1 aliphatic rings. The van der Waals surface area contributed by atoms with Crippen LogP contribution >= 0.6 is 11.6 Å². The fourth-order valence-corrected chi connectivity index (χ4v) is 4.61. The number of imidazole rings is 1. The molecule has 102 valence electrons. The lowest BCUT2D eigenvalue weighted by Crippen LogP contribution is -2.23. The summed E-state index contributed by atoms with van der Waals surface area (Å²) < 4.78 is 25.5. The van der Waals surface area contributed by atoms with Gasteiger partial charge in [0.25, 0.3) is 0 Å². The Morgan fingerprint density at radius 1 is 1.47 bits per heavy atom. The Kier molecular flexibility index (Phi) is 2.94. The molecule has 1 atom stereocenters. The number of aromatic nitrogens is 2. The molecule has 1 saturated heterocycles. The van der Waals surface area contributed by atoms with Crippen LogP contribution in [0.2, 0.25) is 5.02 Å². The van der Waals surface area contributed by atoms with Crippen LogP contribution in [0.3, 0.4) is 0 Å². The Labute approximate surface area is 116 Å². The summed E-state index contributed by atoms with van der Waals surface area (Å²) in [5.74, 6) is 0.579. The Bertz CT molecular complexity index is 739. The van der Waals surface area contributed by atoms with E-state index in [-0.39, 0.29) is 11.0 Å². The van der Waals surface area contributed by atoms with Crippen LogP contribution < -0.4 is 5.73 Å². The predicted octanol–water partition coefficient (Wildman–Crippen LogP) is 1.85. The summed E-state index contributed by atoms with van der Waals surface area (Å²) in [6, 6.07) is 5.41. The molecule has 0 radical (unpaired) electrons. The van der Waals surface area contributed by atoms with Gasteiger partial charge in [0.15, 0.2) is 9.84 Å². The van der Waals surface area contributed by atoms with Crippen molar-refractivity contribution in [3.05, 3.63) is 23.2 Å². The maximum atomic E-state index is 11.9. The van der Waals surface area contributed by atoms with Gasteiger partial charge in [-0.1, -0.05) is 17.7 Å². The molecular weight excluding hydrogens is 286 g/mol. The third-order valence-corrected chi connectivity index (χ3v) is 6.17. The molecule has 0 aliphatic carbocycles. The highest BCUT2D eigenvalue weighted by Crippen LogP contribution is 2.28. The summed E-state index contributed by atoms with van der Waals surface area (Å²) in [6.07, 6.45) is 1.41. The quantitative estimate of drug-likeness (QED) is 0.918. The molecule has 7 heteroatoms. The summed E-state index contributed by atoms with van der Waals surface area (Å²) in [5.41, 5.74) is 7.29. The van der Waals surface area contributed by atoms with Gasteiger partial charge in [0, 0.05) is 6.54 Å². The number of anilines is 1. The second-order valence-electron chi connectivity index (χ2n) is 4.82. The average molecular weight is 300 g/mol. The minimum atomic E-state index is -3.00. The molecule has 1 aromatic heterocycles. The van der Waals surface area contributed by atoms with E-state index >= 15 is 0 Å². The third-order valence-electron chi connectivity index (χ3n) is 3.61. The first kappa shape index (κ1) is 12.7. The van der Waals surface area contributed by atoms with Crippen molar-refractivity contribution in [2.45, 2.75) is 24.6 Å². The highest BCUT2D eigenvalue weighted by atomic mass is 35.5. The minimum Gasteiger partial charge on any atom is -0.369 e. The van der Waals surface area contributed by atoms with Gasteiger partial charge in [0.1, 0.15) is 5.52 Å². The fraction of sp³-hybridized carbons (Fsp3) is 0.417. The van der Waals surface area contributed by atoms with E-state index in [1.807, 2.05) is 12.1 Å². The highest BCUT2D eigenvalue weighted by Gasteiger charge is 2.32. The SMILES string of the molecule is Nc1nc2c(Cl)cccc2n1CC1CCCS1(=O)=O. The van der Waals surface area contributed by atoms with Gasteiger partial charge in [-0.2, -0.15) is 0 Å². The molecule has 0 amide bonds. The molecule has 1 aromatic carbocycles. The van der Waals surface area contributed by atoms with Crippen LogP contribution in [0.1, 0.15) is 12.8 Å². The second kappa shape index (κ2) is 4.38. The van der Waals surface area contributed by atoms with Crippen LogP contribution in [0.4, 0.5) is 5.95 Å². The van der Waals surface area contributed by atoms with Crippen molar-refractivity contribution in [1.29, 1.82) is 0 Å². The van der Waals surface area contributed by atoms with Crippen LogP contribution in [-0.2, 0) is 16.4 Å². The zero-order valence-corrected chi connectivity index (χ0v) is 11.8. The van der Waals surface area contributed by atoms with Crippen LogP contribution in [0.25, 0.3) is 11.0 Å². The topological polar surface area (TPSA) is 78.0 Å². The van der Waals surface area contributed by atoms with Gasteiger partial charge in [0.2, 0.25) is 5.95 Å².